The number of amidine groups is 1. The van der Waals surface area contributed by atoms with Gasteiger partial charge in [0.25, 0.3) is 0 Å². The van der Waals surface area contributed by atoms with E-state index in [4.69, 9.17) is 15.3 Å². The van der Waals surface area contributed by atoms with Crippen LogP contribution in [-0.4, -0.2) is 50.8 Å². The lowest BCUT2D eigenvalue weighted by molar-refractivity contribution is 0.0515. The maximum absolute atomic E-state index is 12.7. The van der Waals surface area contributed by atoms with Crippen LogP contribution in [0, 0.1) is 0 Å². The Hall–Kier alpha value is -2.75. The minimum absolute atomic E-state index is 0.0128. The summed E-state index contributed by atoms with van der Waals surface area (Å²) in [7, 11) is -3.71. The quantitative estimate of drug-likeness (QED) is 0.356. The van der Waals surface area contributed by atoms with Gasteiger partial charge in [-0.3, -0.25) is 0 Å². The van der Waals surface area contributed by atoms with E-state index in [2.05, 4.69) is 5.16 Å². The first-order valence-corrected chi connectivity index (χ1v) is 9.71. The van der Waals surface area contributed by atoms with Gasteiger partial charge in [-0.1, -0.05) is 41.6 Å². The normalized spacial score (nSPS) is 16.1. The van der Waals surface area contributed by atoms with Crippen molar-refractivity contribution in [3.8, 4) is 0 Å². The molecule has 1 aliphatic rings. The molecule has 0 bridgehead atoms. The molecule has 0 unspecified atom stereocenters. The summed E-state index contributed by atoms with van der Waals surface area (Å²) in [6, 6.07) is 14.5. The Morgan fingerprint density at radius 1 is 1.04 bits per heavy atom. The molecule has 142 valence electrons. The highest BCUT2D eigenvalue weighted by atomic mass is 32.2. The lowest BCUT2D eigenvalue weighted by Gasteiger charge is -2.26. The fraction of sp³-hybridized carbons (Fsp3) is 0.222. The average Bonchev–Trinajstić information content (AvgIpc) is 2.73. The van der Waals surface area contributed by atoms with E-state index in [1.807, 2.05) is 6.07 Å². The van der Waals surface area contributed by atoms with Gasteiger partial charge in [-0.05, 0) is 18.2 Å². The van der Waals surface area contributed by atoms with Crippen LogP contribution in [0.3, 0.4) is 0 Å². The van der Waals surface area contributed by atoms with Crippen LogP contribution in [-0.2, 0) is 19.6 Å². The number of benzene rings is 2. The highest BCUT2D eigenvalue weighted by molar-refractivity contribution is 7.89. The maximum atomic E-state index is 12.7. The monoisotopic (exact) mass is 389 g/mol. The molecular formula is C18H19N3O5S. The number of carbonyl (C=O) groups excluding carboxylic acids is 1. The zero-order chi connectivity index (χ0) is 19.3. The Morgan fingerprint density at radius 3 is 2.41 bits per heavy atom. The zero-order valence-corrected chi connectivity index (χ0v) is 15.3. The van der Waals surface area contributed by atoms with Gasteiger partial charge in [-0.15, -0.1) is 0 Å². The molecule has 2 N–H and O–H groups in total. The van der Waals surface area contributed by atoms with Crippen LogP contribution in [0.15, 0.2) is 64.6 Å². The number of hydrogen-bond donors (Lipinski definition) is 1. The molecule has 8 nitrogen and oxygen atoms in total. The van der Waals surface area contributed by atoms with Crippen molar-refractivity contribution in [2.45, 2.75) is 4.90 Å². The molecule has 2 aromatic carbocycles. The Labute approximate surface area is 157 Å². The lowest BCUT2D eigenvalue weighted by atomic mass is 10.2. The Kier molecular flexibility index (Phi) is 5.84. The van der Waals surface area contributed by atoms with Crippen LogP contribution in [0.1, 0.15) is 15.9 Å². The number of morpholine rings is 1. The van der Waals surface area contributed by atoms with E-state index in [1.54, 1.807) is 24.3 Å². The first kappa shape index (κ1) is 19.0. The van der Waals surface area contributed by atoms with E-state index in [0.717, 1.165) is 0 Å². The third kappa shape index (κ3) is 4.51. The number of nitrogens with two attached hydrogens (primary N) is 1. The third-order valence-electron chi connectivity index (χ3n) is 3.97. The van der Waals surface area contributed by atoms with Crippen LogP contribution in [0.5, 0.6) is 0 Å². The summed E-state index contributed by atoms with van der Waals surface area (Å²) in [5.74, 6) is -0.756. The van der Waals surface area contributed by atoms with Gasteiger partial charge in [0.1, 0.15) is 0 Å². The van der Waals surface area contributed by atoms with Gasteiger partial charge >= 0.3 is 5.97 Å². The zero-order valence-electron chi connectivity index (χ0n) is 14.4. The summed E-state index contributed by atoms with van der Waals surface area (Å²) in [6.07, 6.45) is 0. The number of nitrogens with zero attached hydrogens (tertiary/aromatic N) is 2. The molecule has 1 saturated heterocycles. The lowest BCUT2D eigenvalue weighted by Crippen LogP contribution is -2.40. The number of carbonyl (C=O) groups is 1. The van der Waals surface area contributed by atoms with Gasteiger partial charge in [-0.25, -0.2) is 13.2 Å². The van der Waals surface area contributed by atoms with Crippen LogP contribution in [0.2, 0.25) is 0 Å². The molecule has 0 spiro atoms. The SMILES string of the molecule is N/C(=N\OC(=O)c1cccc(S(=O)(=O)N2CCOCC2)c1)c1ccccc1. The standard InChI is InChI=1S/C18H19N3O5S/c19-17(14-5-2-1-3-6-14)20-26-18(22)15-7-4-8-16(13-15)27(23,24)21-9-11-25-12-10-21/h1-8,13H,9-12H2,(H2,19,20). The Balaban J connectivity index is 1.76. The second kappa shape index (κ2) is 8.30. The smallest absolute Gasteiger partial charge is 0.365 e. The average molecular weight is 389 g/mol. The van der Waals surface area contributed by atoms with E-state index in [0.29, 0.717) is 18.8 Å². The molecule has 1 heterocycles. The molecule has 0 radical (unpaired) electrons. The van der Waals surface area contributed by atoms with Crippen LogP contribution in [0.25, 0.3) is 0 Å². The molecule has 0 saturated carbocycles. The highest BCUT2D eigenvalue weighted by Crippen LogP contribution is 2.19. The molecule has 0 amide bonds. The van der Waals surface area contributed by atoms with Crippen LogP contribution < -0.4 is 5.73 Å². The fourth-order valence-electron chi connectivity index (χ4n) is 2.52. The van der Waals surface area contributed by atoms with Gasteiger partial charge in [0.2, 0.25) is 10.0 Å². The molecule has 1 aliphatic heterocycles. The minimum atomic E-state index is -3.71. The second-order valence-corrected chi connectivity index (χ2v) is 7.70. The molecular weight excluding hydrogens is 370 g/mol. The molecule has 0 atom stereocenters. The van der Waals surface area contributed by atoms with E-state index in [1.165, 1.54) is 28.6 Å². The van der Waals surface area contributed by atoms with Crippen molar-refractivity contribution in [3.63, 3.8) is 0 Å². The molecule has 9 heteroatoms. The number of sulfonamides is 1. The van der Waals surface area contributed by atoms with Crippen molar-refractivity contribution in [3.05, 3.63) is 65.7 Å². The molecule has 2 aromatic rings. The Morgan fingerprint density at radius 2 is 1.70 bits per heavy atom. The predicted octanol–water partition coefficient (Wildman–Crippen LogP) is 1.18. The van der Waals surface area contributed by atoms with E-state index >= 15 is 0 Å². The Bertz CT molecular complexity index is 938. The number of rotatable bonds is 5. The molecule has 0 aromatic heterocycles. The molecule has 1 fully saturated rings. The van der Waals surface area contributed by atoms with Gasteiger partial charge < -0.3 is 15.3 Å². The predicted molar refractivity (Wildman–Crippen MR) is 98.6 cm³/mol. The van der Waals surface area contributed by atoms with Crippen molar-refractivity contribution in [2.75, 3.05) is 26.3 Å². The summed E-state index contributed by atoms with van der Waals surface area (Å²) >= 11 is 0. The first-order valence-electron chi connectivity index (χ1n) is 8.26. The summed E-state index contributed by atoms with van der Waals surface area (Å²) in [5.41, 5.74) is 6.45. The van der Waals surface area contributed by atoms with Crippen molar-refractivity contribution in [1.82, 2.24) is 4.31 Å². The van der Waals surface area contributed by atoms with Crippen molar-refractivity contribution in [2.24, 2.45) is 10.9 Å². The largest absolute Gasteiger partial charge is 0.380 e. The topological polar surface area (TPSA) is 111 Å². The maximum Gasteiger partial charge on any atom is 0.365 e. The summed E-state index contributed by atoms with van der Waals surface area (Å²) in [4.78, 5) is 17.1. The van der Waals surface area contributed by atoms with Gasteiger partial charge in [0.15, 0.2) is 5.84 Å². The number of ether oxygens (including phenoxy) is 1. The van der Waals surface area contributed by atoms with Crippen molar-refractivity contribution >= 4 is 21.8 Å². The first-order chi connectivity index (χ1) is 13.0. The van der Waals surface area contributed by atoms with Crippen LogP contribution >= 0.6 is 0 Å². The van der Waals surface area contributed by atoms with E-state index < -0.39 is 16.0 Å². The second-order valence-electron chi connectivity index (χ2n) is 5.77. The highest BCUT2D eigenvalue weighted by Gasteiger charge is 2.27. The van der Waals surface area contributed by atoms with E-state index in [-0.39, 0.29) is 29.4 Å². The van der Waals surface area contributed by atoms with Gasteiger partial charge in [0, 0.05) is 18.7 Å². The van der Waals surface area contributed by atoms with Crippen LogP contribution in [0.4, 0.5) is 0 Å². The number of hydrogen-bond acceptors (Lipinski definition) is 6. The number of oxime groups is 1. The van der Waals surface area contributed by atoms with Crippen molar-refractivity contribution < 1.29 is 22.8 Å². The van der Waals surface area contributed by atoms with Gasteiger partial charge in [0.05, 0.1) is 23.7 Å². The van der Waals surface area contributed by atoms with Gasteiger partial charge in [-0.2, -0.15) is 4.31 Å². The molecule has 27 heavy (non-hydrogen) atoms. The minimum Gasteiger partial charge on any atom is -0.380 e. The molecule has 0 aliphatic carbocycles. The fourth-order valence-corrected chi connectivity index (χ4v) is 3.98. The summed E-state index contributed by atoms with van der Waals surface area (Å²) < 4.78 is 31.9. The van der Waals surface area contributed by atoms with Crippen molar-refractivity contribution in [1.29, 1.82) is 0 Å². The third-order valence-corrected chi connectivity index (χ3v) is 5.87. The summed E-state index contributed by atoms with van der Waals surface area (Å²) in [6.45, 7) is 1.23. The molecule has 3 rings (SSSR count). The van der Waals surface area contributed by atoms with E-state index in [9.17, 15) is 13.2 Å². The summed E-state index contributed by atoms with van der Waals surface area (Å²) in [5, 5.41) is 3.62.